The lowest BCUT2D eigenvalue weighted by molar-refractivity contribution is 0.0284. The Balaban J connectivity index is 1.43. The molecule has 3 aromatic rings. The van der Waals surface area contributed by atoms with E-state index < -0.39 is 6.17 Å². The normalized spacial score (nSPS) is 28.9. The molecule has 3 atom stereocenters. The summed E-state index contributed by atoms with van der Waals surface area (Å²) in [5, 5.41) is 14.6. The van der Waals surface area contributed by atoms with Gasteiger partial charge in [0.15, 0.2) is 5.65 Å². The van der Waals surface area contributed by atoms with E-state index >= 15 is 0 Å². The second-order valence-corrected chi connectivity index (χ2v) is 8.19. The molecular formula is C19H23FN8O2. The van der Waals surface area contributed by atoms with Gasteiger partial charge in [0.1, 0.15) is 23.9 Å². The van der Waals surface area contributed by atoms with Crippen LogP contribution >= 0.6 is 0 Å². The number of alkyl halides is 1. The maximum Gasteiger partial charge on any atom is 0.243 e. The second kappa shape index (κ2) is 6.88. The second-order valence-electron chi connectivity index (χ2n) is 8.19. The molecule has 0 bridgehead atoms. The van der Waals surface area contributed by atoms with Gasteiger partial charge in [0.25, 0.3) is 0 Å². The van der Waals surface area contributed by atoms with Crippen molar-refractivity contribution in [2.75, 3.05) is 43.2 Å². The van der Waals surface area contributed by atoms with Crippen LogP contribution in [0.4, 0.5) is 16.0 Å². The molecule has 11 heteroatoms. The molecule has 3 aliphatic heterocycles. The van der Waals surface area contributed by atoms with E-state index in [0.29, 0.717) is 31.2 Å². The minimum absolute atomic E-state index is 0.0215. The summed E-state index contributed by atoms with van der Waals surface area (Å²) in [6, 6.07) is -0.362. The first-order valence-corrected chi connectivity index (χ1v) is 10.3. The number of anilines is 2. The topological polar surface area (TPSA) is 105 Å². The van der Waals surface area contributed by atoms with Crippen molar-refractivity contribution in [1.82, 2.24) is 29.8 Å². The summed E-state index contributed by atoms with van der Waals surface area (Å²) in [6.45, 7) is 2.98. The van der Waals surface area contributed by atoms with E-state index in [1.807, 2.05) is 6.20 Å². The van der Waals surface area contributed by atoms with E-state index in [1.54, 1.807) is 17.0 Å². The van der Waals surface area contributed by atoms with E-state index in [2.05, 4.69) is 30.5 Å². The molecule has 0 aromatic carbocycles. The molecule has 158 valence electrons. The van der Waals surface area contributed by atoms with Crippen molar-refractivity contribution in [3.8, 4) is 11.3 Å². The highest BCUT2D eigenvalue weighted by Crippen LogP contribution is 2.45. The highest BCUT2D eigenvalue weighted by atomic mass is 19.1. The number of hydrogen-bond acceptors (Lipinski definition) is 8. The molecule has 6 heterocycles. The number of rotatable bonds is 4. The van der Waals surface area contributed by atoms with Crippen molar-refractivity contribution in [2.24, 2.45) is 0 Å². The molecule has 1 spiro atoms. The quantitative estimate of drug-likeness (QED) is 0.661. The largest absolute Gasteiger partial charge is 0.379 e. The van der Waals surface area contributed by atoms with Gasteiger partial charge >= 0.3 is 0 Å². The van der Waals surface area contributed by atoms with Gasteiger partial charge in [0.05, 0.1) is 31.0 Å². The highest BCUT2D eigenvalue weighted by Gasteiger charge is 2.49. The zero-order valence-electron chi connectivity index (χ0n) is 16.4. The number of fused-ring (bicyclic) bond motifs is 1. The third-order valence-corrected chi connectivity index (χ3v) is 6.46. The number of nitrogens with one attached hydrogen (secondary N) is 2. The molecule has 3 aromatic heterocycles. The third kappa shape index (κ3) is 2.76. The van der Waals surface area contributed by atoms with Gasteiger partial charge in [-0.05, 0) is 19.3 Å². The lowest BCUT2D eigenvalue weighted by Crippen LogP contribution is -2.61. The number of halogens is 1. The van der Waals surface area contributed by atoms with Crippen LogP contribution in [0.2, 0.25) is 0 Å². The first-order chi connectivity index (χ1) is 14.7. The molecule has 3 fully saturated rings. The number of ether oxygens (including phenoxy) is 2. The van der Waals surface area contributed by atoms with Gasteiger partial charge in [-0.3, -0.25) is 5.10 Å². The Morgan fingerprint density at radius 2 is 2.23 bits per heavy atom. The number of nitrogens with zero attached hydrogens (tertiary/aromatic N) is 6. The van der Waals surface area contributed by atoms with Crippen LogP contribution in [0, 0.1) is 0 Å². The lowest BCUT2D eigenvalue weighted by atomic mass is 9.83. The minimum Gasteiger partial charge on any atom is -0.379 e. The van der Waals surface area contributed by atoms with Gasteiger partial charge in [0.2, 0.25) is 5.95 Å². The Morgan fingerprint density at radius 1 is 1.27 bits per heavy atom. The van der Waals surface area contributed by atoms with Crippen molar-refractivity contribution in [3.05, 3.63) is 18.7 Å². The number of aromatic nitrogens is 6. The van der Waals surface area contributed by atoms with Gasteiger partial charge in [-0.1, -0.05) is 0 Å². The maximum atomic E-state index is 14.2. The molecule has 10 nitrogen and oxygen atoms in total. The Bertz CT molecular complexity index is 1050. The standard InChI is InChI=1S/C19H23FN8O2/c20-13-9-29-5-1-14(13)24-18-25-17-16(27-4-2-19(27)3-6-30-10-19)15(12-7-22-23-8-12)21-11-28(17)26-18/h7-8,11,13-14H,1-6,9-10H2,(H,22,23)(H,24,26)/t13-,14+,19-/m1/s1. The van der Waals surface area contributed by atoms with Crippen LogP contribution in [0.25, 0.3) is 16.9 Å². The van der Waals surface area contributed by atoms with E-state index in [9.17, 15) is 4.39 Å². The van der Waals surface area contributed by atoms with E-state index in [1.165, 1.54) is 0 Å². The summed E-state index contributed by atoms with van der Waals surface area (Å²) in [7, 11) is 0. The van der Waals surface area contributed by atoms with Crippen LogP contribution in [0.1, 0.15) is 19.3 Å². The summed E-state index contributed by atoms with van der Waals surface area (Å²) in [6.07, 6.45) is 6.77. The Labute approximate surface area is 171 Å². The first kappa shape index (κ1) is 18.0. The zero-order chi connectivity index (χ0) is 20.1. The molecule has 3 aliphatic rings. The predicted octanol–water partition coefficient (Wildman–Crippen LogP) is 1.42. The molecule has 3 saturated heterocycles. The van der Waals surface area contributed by atoms with Crippen molar-refractivity contribution < 1.29 is 13.9 Å². The van der Waals surface area contributed by atoms with E-state index in [-0.39, 0.29) is 18.2 Å². The fraction of sp³-hybridized carbons (Fsp3) is 0.579. The van der Waals surface area contributed by atoms with Crippen LogP contribution in [0.5, 0.6) is 0 Å². The summed E-state index contributed by atoms with van der Waals surface area (Å²) >= 11 is 0. The molecule has 0 unspecified atom stereocenters. The van der Waals surface area contributed by atoms with E-state index in [4.69, 9.17) is 14.5 Å². The van der Waals surface area contributed by atoms with Crippen LogP contribution in [0.3, 0.4) is 0 Å². The molecule has 30 heavy (non-hydrogen) atoms. The molecule has 6 rings (SSSR count). The summed E-state index contributed by atoms with van der Waals surface area (Å²) in [5.74, 6) is 0.397. The van der Waals surface area contributed by atoms with Crippen LogP contribution < -0.4 is 10.2 Å². The van der Waals surface area contributed by atoms with Gasteiger partial charge in [-0.25, -0.2) is 9.37 Å². The Hall–Kier alpha value is -2.79. The highest BCUT2D eigenvalue weighted by molar-refractivity contribution is 5.86. The molecule has 0 aliphatic carbocycles. The minimum atomic E-state index is -1.08. The predicted molar refractivity (Wildman–Crippen MR) is 106 cm³/mol. The fourth-order valence-electron chi connectivity index (χ4n) is 4.67. The number of aromatic amines is 1. The Morgan fingerprint density at radius 3 is 2.97 bits per heavy atom. The van der Waals surface area contributed by atoms with Crippen molar-refractivity contribution >= 4 is 17.3 Å². The maximum absolute atomic E-state index is 14.2. The van der Waals surface area contributed by atoms with Gasteiger partial charge in [-0.15, -0.1) is 5.10 Å². The Kier molecular flexibility index (Phi) is 4.13. The molecule has 0 saturated carbocycles. The van der Waals surface area contributed by atoms with Gasteiger partial charge in [0, 0.05) is 31.5 Å². The lowest BCUT2D eigenvalue weighted by Gasteiger charge is -2.51. The smallest absolute Gasteiger partial charge is 0.243 e. The van der Waals surface area contributed by atoms with Crippen LogP contribution in [0.15, 0.2) is 18.7 Å². The molecular weight excluding hydrogens is 391 g/mol. The molecule has 0 amide bonds. The zero-order valence-corrected chi connectivity index (χ0v) is 16.4. The van der Waals surface area contributed by atoms with Crippen LogP contribution in [-0.2, 0) is 9.47 Å². The number of hydrogen-bond donors (Lipinski definition) is 2. The monoisotopic (exact) mass is 414 g/mol. The third-order valence-electron chi connectivity index (χ3n) is 6.46. The SMILES string of the molecule is F[C@@H]1COCC[C@@H]1Nc1nc2c(N3CC[C@]34CCOC4)c(-c3cn[nH]c3)ncn2n1. The van der Waals surface area contributed by atoms with Crippen molar-refractivity contribution in [1.29, 1.82) is 0 Å². The number of H-pyrrole nitrogens is 1. The van der Waals surface area contributed by atoms with Crippen molar-refractivity contribution in [2.45, 2.75) is 37.0 Å². The summed E-state index contributed by atoms with van der Waals surface area (Å²) in [4.78, 5) is 11.8. The van der Waals surface area contributed by atoms with Crippen molar-refractivity contribution in [3.63, 3.8) is 0 Å². The van der Waals surface area contributed by atoms with E-state index in [0.717, 1.165) is 42.9 Å². The summed E-state index contributed by atoms with van der Waals surface area (Å²) in [5.41, 5.74) is 3.28. The molecule has 2 N–H and O–H groups in total. The van der Waals surface area contributed by atoms with Crippen LogP contribution in [-0.4, -0.2) is 80.5 Å². The van der Waals surface area contributed by atoms with Gasteiger partial charge < -0.3 is 19.7 Å². The summed E-state index contributed by atoms with van der Waals surface area (Å²) < 4.78 is 26.8. The van der Waals surface area contributed by atoms with Gasteiger partial charge in [-0.2, -0.15) is 14.6 Å². The average Bonchev–Trinajstić information content (AvgIpc) is 3.50. The average molecular weight is 414 g/mol. The molecule has 0 radical (unpaired) electrons. The fourth-order valence-corrected chi connectivity index (χ4v) is 4.67. The first-order valence-electron chi connectivity index (χ1n) is 10.3.